The average Bonchev–Trinajstić information content (AvgIpc) is 2.65. The van der Waals surface area contributed by atoms with Crippen molar-refractivity contribution in [2.45, 2.75) is 77.0 Å². The topological polar surface area (TPSA) is 26.3 Å². The number of carbonyl (C=O) groups excluding carboxylic acids is 1. The van der Waals surface area contributed by atoms with Crippen LogP contribution in [0.5, 0.6) is 0 Å². The average molecular weight is 352 g/mol. The van der Waals surface area contributed by atoms with Crippen LogP contribution in [-0.4, -0.2) is 19.0 Å². The Kier molecular flexibility index (Phi) is 8.36. The van der Waals surface area contributed by atoms with Gasteiger partial charge < -0.3 is 4.74 Å². The van der Waals surface area contributed by atoms with E-state index in [1.807, 2.05) is 12.1 Å². The molecule has 1 fully saturated rings. The molecule has 0 aliphatic heterocycles. The number of benzene rings is 1. The maximum Gasteiger partial charge on any atom is 0.340 e. The lowest BCUT2D eigenvalue weighted by Crippen LogP contribution is -2.16. The van der Waals surface area contributed by atoms with Gasteiger partial charge in [-0.15, -0.1) is 0 Å². The number of esters is 1. The molecule has 4 heteroatoms. The molecule has 140 valence electrons. The van der Waals surface area contributed by atoms with Gasteiger partial charge in [-0.1, -0.05) is 51.2 Å². The normalized spacial score (nSPS) is 21.7. The van der Waals surface area contributed by atoms with Crippen LogP contribution < -0.4 is 0 Å². The van der Waals surface area contributed by atoms with E-state index in [1.165, 1.54) is 63.4 Å². The number of hydrogen-bond donors (Lipinski definition) is 0. The third-order valence-electron chi connectivity index (χ3n) is 5.29. The highest BCUT2D eigenvalue weighted by Crippen LogP contribution is 2.37. The van der Waals surface area contributed by atoms with Crippen LogP contribution in [-0.2, 0) is 4.74 Å². The van der Waals surface area contributed by atoms with E-state index in [0.717, 1.165) is 5.92 Å². The first-order valence-corrected chi connectivity index (χ1v) is 9.65. The van der Waals surface area contributed by atoms with Crippen molar-refractivity contribution in [3.8, 4) is 0 Å². The molecule has 0 spiro atoms. The molecule has 2 rings (SSSR count). The maximum absolute atomic E-state index is 12.8. The highest BCUT2D eigenvalue weighted by atomic mass is 19.2. The zero-order valence-electron chi connectivity index (χ0n) is 15.2. The van der Waals surface area contributed by atoms with Crippen molar-refractivity contribution in [3.05, 3.63) is 35.4 Å². The second kappa shape index (κ2) is 10.5. The Hall–Kier alpha value is -1.45. The van der Waals surface area contributed by atoms with Crippen LogP contribution >= 0.6 is 0 Å². The van der Waals surface area contributed by atoms with Crippen molar-refractivity contribution in [2.24, 2.45) is 5.92 Å². The van der Waals surface area contributed by atoms with E-state index in [1.54, 1.807) is 12.1 Å². The Morgan fingerprint density at radius 3 is 2.40 bits per heavy atom. The molecule has 0 bridgehead atoms. The van der Waals surface area contributed by atoms with Gasteiger partial charge in [-0.25, -0.2) is 9.18 Å². The number of halogens is 2. The van der Waals surface area contributed by atoms with Crippen LogP contribution in [0.2, 0.25) is 0 Å². The van der Waals surface area contributed by atoms with E-state index in [2.05, 4.69) is 11.7 Å². The van der Waals surface area contributed by atoms with Crippen LogP contribution in [0.25, 0.3) is 0 Å². The Bertz CT molecular complexity index is 507. The zero-order valence-corrected chi connectivity index (χ0v) is 15.2. The van der Waals surface area contributed by atoms with Gasteiger partial charge in [0.15, 0.2) is 6.67 Å². The molecule has 1 saturated carbocycles. The van der Waals surface area contributed by atoms with Gasteiger partial charge in [0.05, 0.1) is 5.56 Å². The number of rotatable bonds is 9. The van der Waals surface area contributed by atoms with Crippen LogP contribution in [0.4, 0.5) is 8.78 Å². The summed E-state index contributed by atoms with van der Waals surface area (Å²) in [6.07, 6.45) is 9.46. The molecule has 1 aromatic rings. The fourth-order valence-electron chi connectivity index (χ4n) is 3.75. The summed E-state index contributed by atoms with van der Waals surface area (Å²) in [7, 11) is 0. The largest absolute Gasteiger partial charge is 0.425 e. The molecule has 0 amide bonds. The zero-order chi connectivity index (χ0) is 18.1. The molecular formula is C21H30F2O2. The minimum Gasteiger partial charge on any atom is -0.425 e. The summed E-state index contributed by atoms with van der Waals surface area (Å²) in [5, 5.41) is 0. The lowest BCUT2D eigenvalue weighted by atomic mass is 9.77. The minimum absolute atomic E-state index is 0.268. The van der Waals surface area contributed by atoms with Crippen molar-refractivity contribution in [1.29, 1.82) is 0 Å². The number of unbranched alkanes of at least 4 members (excludes halogenated alkanes) is 3. The van der Waals surface area contributed by atoms with Crippen LogP contribution in [0, 0.1) is 5.92 Å². The molecular weight excluding hydrogens is 322 g/mol. The Balaban J connectivity index is 1.78. The molecule has 1 atom stereocenters. The van der Waals surface area contributed by atoms with Crippen LogP contribution in [0.15, 0.2) is 24.3 Å². The predicted octanol–water partition coefficient (Wildman–Crippen LogP) is 6.35. The number of alkyl halides is 2. The third-order valence-corrected chi connectivity index (χ3v) is 5.29. The fourth-order valence-corrected chi connectivity index (χ4v) is 3.75. The van der Waals surface area contributed by atoms with E-state index in [9.17, 15) is 13.6 Å². The number of carbonyl (C=O) groups is 1. The summed E-state index contributed by atoms with van der Waals surface area (Å²) < 4.78 is 29.2. The molecule has 0 N–H and O–H groups in total. The van der Waals surface area contributed by atoms with Gasteiger partial charge in [-0.3, -0.25) is 0 Å². The molecule has 1 aliphatic carbocycles. The standard InChI is InChI=1S/C21H30F2O2/c1-2-3-4-5-6-16-7-9-17(10-8-16)18-11-13-19(14-12-18)21(24)25-20(23)15-22/h11-14,16-17,20H,2-10,15H2,1H3. The highest BCUT2D eigenvalue weighted by molar-refractivity contribution is 5.89. The van der Waals surface area contributed by atoms with E-state index >= 15 is 0 Å². The lowest BCUT2D eigenvalue weighted by molar-refractivity contribution is -0.0254. The minimum atomic E-state index is -2.18. The molecule has 0 radical (unpaired) electrons. The monoisotopic (exact) mass is 352 g/mol. The van der Waals surface area contributed by atoms with Crippen LogP contribution in [0.1, 0.15) is 86.6 Å². The van der Waals surface area contributed by atoms with Gasteiger partial charge in [-0.2, -0.15) is 4.39 Å². The molecule has 0 saturated heterocycles. The first kappa shape index (κ1) is 19.9. The third kappa shape index (κ3) is 6.41. The summed E-state index contributed by atoms with van der Waals surface area (Å²) in [5.41, 5.74) is 1.49. The summed E-state index contributed by atoms with van der Waals surface area (Å²) >= 11 is 0. The molecule has 2 nitrogen and oxygen atoms in total. The van der Waals surface area contributed by atoms with Gasteiger partial charge in [0.25, 0.3) is 6.36 Å². The van der Waals surface area contributed by atoms with Gasteiger partial charge in [0.2, 0.25) is 0 Å². The second-order valence-electron chi connectivity index (χ2n) is 7.16. The van der Waals surface area contributed by atoms with E-state index < -0.39 is 19.0 Å². The summed E-state index contributed by atoms with van der Waals surface area (Å²) in [5.74, 6) is 0.591. The van der Waals surface area contributed by atoms with Crippen molar-refractivity contribution in [2.75, 3.05) is 6.67 Å². The number of hydrogen-bond acceptors (Lipinski definition) is 2. The molecule has 1 aliphatic rings. The van der Waals surface area contributed by atoms with E-state index in [4.69, 9.17) is 0 Å². The highest BCUT2D eigenvalue weighted by Gasteiger charge is 2.22. The van der Waals surface area contributed by atoms with Crippen molar-refractivity contribution in [1.82, 2.24) is 0 Å². The van der Waals surface area contributed by atoms with Crippen LogP contribution in [0.3, 0.4) is 0 Å². The summed E-state index contributed by atoms with van der Waals surface area (Å²) in [4.78, 5) is 11.7. The molecule has 25 heavy (non-hydrogen) atoms. The predicted molar refractivity (Wildman–Crippen MR) is 96.2 cm³/mol. The van der Waals surface area contributed by atoms with Crippen molar-refractivity contribution < 1.29 is 18.3 Å². The number of ether oxygens (including phenoxy) is 1. The van der Waals surface area contributed by atoms with Gasteiger partial charge >= 0.3 is 5.97 Å². The smallest absolute Gasteiger partial charge is 0.340 e. The van der Waals surface area contributed by atoms with Gasteiger partial charge in [-0.05, 0) is 55.2 Å². The molecule has 0 aromatic heterocycles. The van der Waals surface area contributed by atoms with Crippen molar-refractivity contribution in [3.63, 3.8) is 0 Å². The quantitative estimate of drug-likeness (QED) is 0.382. The van der Waals surface area contributed by atoms with Gasteiger partial charge in [0, 0.05) is 0 Å². The molecule has 0 heterocycles. The Morgan fingerprint density at radius 2 is 1.80 bits per heavy atom. The summed E-state index contributed by atoms with van der Waals surface area (Å²) in [6, 6.07) is 7.15. The molecule has 1 aromatic carbocycles. The first-order valence-electron chi connectivity index (χ1n) is 9.65. The first-order chi connectivity index (χ1) is 12.1. The van der Waals surface area contributed by atoms with Gasteiger partial charge in [0.1, 0.15) is 0 Å². The lowest BCUT2D eigenvalue weighted by Gasteiger charge is -2.29. The van der Waals surface area contributed by atoms with E-state index in [-0.39, 0.29) is 5.56 Å². The molecule has 1 unspecified atom stereocenters. The Morgan fingerprint density at radius 1 is 1.12 bits per heavy atom. The van der Waals surface area contributed by atoms with E-state index in [0.29, 0.717) is 5.92 Å². The maximum atomic E-state index is 12.8. The fraction of sp³-hybridized carbons (Fsp3) is 0.667. The SMILES string of the molecule is CCCCCCC1CCC(c2ccc(C(=O)OC(F)CF)cc2)CC1. The second-order valence-corrected chi connectivity index (χ2v) is 7.16. The Labute approximate surface area is 150 Å². The van der Waals surface area contributed by atoms with Crippen molar-refractivity contribution >= 4 is 5.97 Å². The summed E-state index contributed by atoms with van der Waals surface area (Å²) in [6.45, 7) is 0.929.